The van der Waals surface area contributed by atoms with Crippen LogP contribution in [0.3, 0.4) is 0 Å². The predicted octanol–water partition coefficient (Wildman–Crippen LogP) is 2.47. The van der Waals surface area contributed by atoms with E-state index >= 15 is 0 Å². The van der Waals surface area contributed by atoms with Gasteiger partial charge in [-0.2, -0.15) is 0 Å². The Kier molecular flexibility index (Phi) is 4.78. The van der Waals surface area contributed by atoms with Gasteiger partial charge < -0.3 is 15.6 Å². The van der Waals surface area contributed by atoms with Gasteiger partial charge in [0.05, 0.1) is 18.6 Å². The van der Waals surface area contributed by atoms with Gasteiger partial charge in [-0.05, 0) is 41.8 Å². The molecule has 114 valence electrons. The van der Waals surface area contributed by atoms with E-state index in [-0.39, 0.29) is 0 Å². The summed E-state index contributed by atoms with van der Waals surface area (Å²) in [6.45, 7) is 0. The maximum absolute atomic E-state index is 11.5. The molecule has 0 fully saturated rings. The van der Waals surface area contributed by atoms with Crippen LogP contribution < -0.4 is 5.73 Å². The largest absolute Gasteiger partial charge is 0.481 e. The fraction of sp³-hybridized carbons (Fsp3) is 0.176. The van der Waals surface area contributed by atoms with Crippen molar-refractivity contribution in [2.24, 2.45) is 0 Å². The number of carboxylic acids is 1. The van der Waals surface area contributed by atoms with Gasteiger partial charge in [-0.1, -0.05) is 24.3 Å². The number of nitrogens with two attached hydrogens (primary N) is 1. The van der Waals surface area contributed by atoms with E-state index in [0.717, 1.165) is 5.56 Å². The summed E-state index contributed by atoms with van der Waals surface area (Å²) in [5.41, 5.74) is 8.17. The van der Waals surface area contributed by atoms with Crippen LogP contribution in [0.4, 0.5) is 5.69 Å². The molecule has 0 radical (unpaired) electrons. The minimum atomic E-state index is -0.901. The van der Waals surface area contributed by atoms with Gasteiger partial charge in [-0.3, -0.25) is 4.79 Å². The zero-order valence-electron chi connectivity index (χ0n) is 12.2. The van der Waals surface area contributed by atoms with Crippen molar-refractivity contribution < 1.29 is 19.4 Å². The highest BCUT2D eigenvalue weighted by Crippen LogP contribution is 2.23. The standard InChI is InChI=1S/C17H17NO4/c1-22-17(21)13-4-2-11(3-5-13)10-15(16(19)20)12-6-8-14(18)9-7-12/h2-9,15H,10,18H2,1H3,(H,19,20). The first-order valence-electron chi connectivity index (χ1n) is 6.76. The number of esters is 1. The Balaban J connectivity index is 2.19. The maximum atomic E-state index is 11.5. The maximum Gasteiger partial charge on any atom is 0.337 e. The fourth-order valence-electron chi connectivity index (χ4n) is 2.21. The number of ether oxygens (including phenoxy) is 1. The number of benzene rings is 2. The van der Waals surface area contributed by atoms with Crippen LogP contribution in [0.2, 0.25) is 0 Å². The van der Waals surface area contributed by atoms with Gasteiger partial charge in [0.2, 0.25) is 0 Å². The number of anilines is 1. The minimum absolute atomic E-state index is 0.334. The quantitative estimate of drug-likeness (QED) is 0.654. The van der Waals surface area contributed by atoms with Crippen molar-refractivity contribution in [3.8, 4) is 0 Å². The third kappa shape index (κ3) is 3.63. The van der Waals surface area contributed by atoms with E-state index in [1.807, 2.05) is 0 Å². The van der Waals surface area contributed by atoms with Gasteiger partial charge in [0, 0.05) is 5.69 Å². The third-order valence-electron chi connectivity index (χ3n) is 3.45. The molecule has 0 aliphatic rings. The molecule has 2 rings (SSSR count). The number of hydrogen-bond donors (Lipinski definition) is 2. The van der Waals surface area contributed by atoms with Gasteiger partial charge in [0.15, 0.2) is 0 Å². The average molecular weight is 299 g/mol. The molecule has 0 heterocycles. The van der Waals surface area contributed by atoms with Crippen LogP contribution in [0, 0.1) is 0 Å². The number of carboxylic acid groups (broad SMARTS) is 1. The summed E-state index contributed by atoms with van der Waals surface area (Å²) in [5.74, 6) is -1.98. The Bertz CT molecular complexity index is 662. The van der Waals surface area contributed by atoms with Crippen LogP contribution in [0.15, 0.2) is 48.5 Å². The number of rotatable bonds is 5. The molecule has 0 saturated carbocycles. The number of carbonyl (C=O) groups excluding carboxylic acids is 1. The molecule has 0 saturated heterocycles. The topological polar surface area (TPSA) is 89.6 Å². The Morgan fingerprint density at radius 3 is 2.18 bits per heavy atom. The minimum Gasteiger partial charge on any atom is -0.481 e. The van der Waals surface area contributed by atoms with Crippen LogP contribution in [0.25, 0.3) is 0 Å². The Morgan fingerprint density at radius 2 is 1.68 bits per heavy atom. The van der Waals surface area contributed by atoms with E-state index in [9.17, 15) is 14.7 Å². The second kappa shape index (κ2) is 6.76. The molecule has 0 bridgehead atoms. The average Bonchev–Trinajstić information content (AvgIpc) is 2.53. The van der Waals surface area contributed by atoms with E-state index in [1.165, 1.54) is 7.11 Å². The second-order valence-electron chi connectivity index (χ2n) is 4.95. The van der Waals surface area contributed by atoms with Gasteiger partial charge in [0.25, 0.3) is 0 Å². The van der Waals surface area contributed by atoms with E-state index in [1.54, 1.807) is 48.5 Å². The monoisotopic (exact) mass is 299 g/mol. The molecule has 5 heteroatoms. The predicted molar refractivity (Wildman–Crippen MR) is 82.7 cm³/mol. The van der Waals surface area contributed by atoms with E-state index in [2.05, 4.69) is 4.74 Å². The zero-order valence-corrected chi connectivity index (χ0v) is 12.2. The first-order chi connectivity index (χ1) is 10.5. The molecule has 0 spiro atoms. The highest BCUT2D eigenvalue weighted by atomic mass is 16.5. The number of aliphatic carboxylic acids is 1. The van der Waals surface area contributed by atoms with Crippen molar-refractivity contribution in [1.82, 2.24) is 0 Å². The zero-order chi connectivity index (χ0) is 16.1. The number of carbonyl (C=O) groups is 2. The molecule has 0 aromatic heterocycles. The lowest BCUT2D eigenvalue weighted by Crippen LogP contribution is -2.14. The highest BCUT2D eigenvalue weighted by molar-refractivity contribution is 5.89. The Hall–Kier alpha value is -2.82. The lowest BCUT2D eigenvalue weighted by atomic mass is 9.91. The SMILES string of the molecule is COC(=O)c1ccc(CC(C(=O)O)c2ccc(N)cc2)cc1. The van der Waals surface area contributed by atoms with Crippen LogP contribution in [-0.2, 0) is 16.0 Å². The van der Waals surface area contributed by atoms with E-state index in [0.29, 0.717) is 23.2 Å². The molecule has 0 aliphatic heterocycles. The molecule has 1 unspecified atom stereocenters. The lowest BCUT2D eigenvalue weighted by Gasteiger charge is -2.13. The molecule has 3 N–H and O–H groups in total. The van der Waals surface area contributed by atoms with Gasteiger partial charge >= 0.3 is 11.9 Å². The van der Waals surface area contributed by atoms with Crippen LogP contribution in [-0.4, -0.2) is 24.2 Å². The summed E-state index contributed by atoms with van der Waals surface area (Å²) in [7, 11) is 1.32. The third-order valence-corrected chi connectivity index (χ3v) is 3.45. The molecule has 0 aliphatic carbocycles. The molecule has 1 atom stereocenters. The van der Waals surface area contributed by atoms with E-state index in [4.69, 9.17) is 5.73 Å². The molecule has 2 aromatic carbocycles. The van der Waals surface area contributed by atoms with Crippen molar-refractivity contribution in [3.63, 3.8) is 0 Å². The van der Waals surface area contributed by atoms with Gasteiger partial charge in [-0.15, -0.1) is 0 Å². The van der Waals surface area contributed by atoms with Crippen molar-refractivity contribution in [2.45, 2.75) is 12.3 Å². The van der Waals surface area contributed by atoms with Crippen LogP contribution >= 0.6 is 0 Å². The summed E-state index contributed by atoms with van der Waals surface area (Å²) < 4.78 is 4.63. The number of methoxy groups -OCH3 is 1. The smallest absolute Gasteiger partial charge is 0.337 e. The van der Waals surface area contributed by atoms with E-state index < -0.39 is 17.9 Å². The molecule has 5 nitrogen and oxygen atoms in total. The van der Waals surface area contributed by atoms with Crippen molar-refractivity contribution >= 4 is 17.6 Å². The van der Waals surface area contributed by atoms with Crippen LogP contribution in [0.5, 0.6) is 0 Å². The lowest BCUT2D eigenvalue weighted by molar-refractivity contribution is -0.138. The molecule has 0 amide bonds. The molecule has 22 heavy (non-hydrogen) atoms. The first kappa shape index (κ1) is 15.6. The van der Waals surface area contributed by atoms with Crippen molar-refractivity contribution in [3.05, 3.63) is 65.2 Å². The summed E-state index contributed by atoms with van der Waals surface area (Å²) in [6, 6.07) is 13.5. The normalized spacial score (nSPS) is 11.7. The Morgan fingerprint density at radius 1 is 1.09 bits per heavy atom. The highest BCUT2D eigenvalue weighted by Gasteiger charge is 2.20. The molecular formula is C17H17NO4. The summed E-state index contributed by atoms with van der Waals surface area (Å²) >= 11 is 0. The van der Waals surface area contributed by atoms with Crippen LogP contribution in [0.1, 0.15) is 27.4 Å². The van der Waals surface area contributed by atoms with Gasteiger partial charge in [-0.25, -0.2) is 4.79 Å². The fourth-order valence-corrected chi connectivity index (χ4v) is 2.21. The number of hydrogen-bond acceptors (Lipinski definition) is 4. The first-order valence-corrected chi connectivity index (χ1v) is 6.76. The van der Waals surface area contributed by atoms with Crippen molar-refractivity contribution in [2.75, 3.05) is 12.8 Å². The van der Waals surface area contributed by atoms with Gasteiger partial charge in [0.1, 0.15) is 0 Å². The van der Waals surface area contributed by atoms with Crippen molar-refractivity contribution in [1.29, 1.82) is 0 Å². The molecular weight excluding hydrogens is 282 g/mol. The summed E-state index contributed by atoms with van der Waals surface area (Å²) in [4.78, 5) is 22.9. The summed E-state index contributed by atoms with van der Waals surface area (Å²) in [5, 5.41) is 9.43. The molecule has 2 aromatic rings. The number of nitrogen functional groups attached to an aromatic ring is 1. The Labute approximate surface area is 128 Å². The summed E-state index contributed by atoms with van der Waals surface area (Å²) in [6.07, 6.45) is 0.334. The second-order valence-corrected chi connectivity index (χ2v) is 4.95.